The predicted molar refractivity (Wildman–Crippen MR) is 293 cm³/mol. The Kier molecular flexibility index (Phi) is 53.8. The second-order valence-corrected chi connectivity index (χ2v) is 19.2. The summed E-state index contributed by atoms with van der Waals surface area (Å²) >= 11 is 0. The van der Waals surface area contributed by atoms with Crippen LogP contribution in [0.1, 0.15) is 284 Å². The van der Waals surface area contributed by atoms with Gasteiger partial charge in [0.05, 0.1) is 0 Å². The monoisotopic (exact) mass is 949 g/mol. The maximum Gasteiger partial charge on any atom is 0.306 e. The molecule has 6 heteroatoms. The third kappa shape index (κ3) is 53.8. The summed E-state index contributed by atoms with van der Waals surface area (Å²) in [5.41, 5.74) is 0. The van der Waals surface area contributed by atoms with Crippen molar-refractivity contribution in [1.82, 2.24) is 0 Å². The van der Waals surface area contributed by atoms with Gasteiger partial charge < -0.3 is 14.2 Å². The fourth-order valence-corrected chi connectivity index (χ4v) is 8.07. The van der Waals surface area contributed by atoms with Crippen molar-refractivity contribution in [1.29, 1.82) is 0 Å². The molecule has 0 aliphatic heterocycles. The van der Waals surface area contributed by atoms with Crippen molar-refractivity contribution in [2.75, 3.05) is 13.2 Å². The molecule has 0 heterocycles. The van der Waals surface area contributed by atoms with Gasteiger partial charge in [-0.3, -0.25) is 14.4 Å². The largest absolute Gasteiger partial charge is 0.462 e. The Bertz CT molecular complexity index is 1270. The second kappa shape index (κ2) is 56.4. The summed E-state index contributed by atoms with van der Waals surface area (Å²) in [6, 6.07) is 0. The van der Waals surface area contributed by atoms with Crippen LogP contribution in [-0.4, -0.2) is 37.2 Å². The molecule has 0 rings (SSSR count). The molecule has 0 radical (unpaired) electrons. The van der Waals surface area contributed by atoms with E-state index in [1.165, 1.54) is 135 Å². The first kappa shape index (κ1) is 64.8. The van der Waals surface area contributed by atoms with Crippen LogP contribution in [0.2, 0.25) is 0 Å². The van der Waals surface area contributed by atoms with Gasteiger partial charge in [0.1, 0.15) is 13.2 Å². The van der Waals surface area contributed by atoms with E-state index in [0.717, 1.165) is 109 Å². The smallest absolute Gasteiger partial charge is 0.306 e. The number of rotatable bonds is 52. The molecule has 0 spiro atoms. The highest BCUT2D eigenvalue weighted by atomic mass is 16.6. The Morgan fingerprint density at radius 3 is 0.926 bits per heavy atom. The summed E-state index contributed by atoms with van der Waals surface area (Å²) in [6.07, 6.45) is 71.7. The van der Waals surface area contributed by atoms with Gasteiger partial charge in [-0.15, -0.1) is 0 Å². The van der Waals surface area contributed by atoms with E-state index >= 15 is 0 Å². The van der Waals surface area contributed by atoms with Crippen molar-refractivity contribution < 1.29 is 28.6 Å². The van der Waals surface area contributed by atoms with Gasteiger partial charge in [-0.2, -0.15) is 0 Å². The van der Waals surface area contributed by atoms with E-state index < -0.39 is 6.10 Å². The van der Waals surface area contributed by atoms with Gasteiger partial charge in [-0.1, -0.05) is 229 Å². The number of carbonyl (C=O) groups excluding carboxylic acids is 3. The van der Waals surface area contributed by atoms with Crippen LogP contribution in [-0.2, 0) is 28.6 Å². The summed E-state index contributed by atoms with van der Waals surface area (Å²) in [5, 5.41) is 0. The molecule has 6 nitrogen and oxygen atoms in total. The molecular formula is C62H108O6. The van der Waals surface area contributed by atoms with Crippen LogP contribution in [0.5, 0.6) is 0 Å². The zero-order valence-electron chi connectivity index (χ0n) is 44.9. The Morgan fingerprint density at radius 1 is 0.309 bits per heavy atom. The predicted octanol–water partition coefficient (Wildman–Crippen LogP) is 19.4. The highest BCUT2D eigenvalue weighted by Gasteiger charge is 2.19. The minimum Gasteiger partial charge on any atom is -0.462 e. The van der Waals surface area contributed by atoms with Crippen LogP contribution < -0.4 is 0 Å². The number of esters is 3. The maximum atomic E-state index is 12.8. The van der Waals surface area contributed by atoms with Crippen molar-refractivity contribution in [3.05, 3.63) is 72.9 Å². The molecule has 1 unspecified atom stereocenters. The molecule has 0 aliphatic carbocycles. The number of hydrogen-bond acceptors (Lipinski definition) is 6. The first-order valence-corrected chi connectivity index (χ1v) is 28.9. The molecule has 0 bridgehead atoms. The quantitative estimate of drug-likeness (QED) is 0.0262. The van der Waals surface area contributed by atoms with Crippen LogP contribution in [0.4, 0.5) is 0 Å². The zero-order chi connectivity index (χ0) is 49.3. The molecule has 1 atom stereocenters. The maximum absolute atomic E-state index is 12.8. The van der Waals surface area contributed by atoms with E-state index in [1.807, 2.05) is 0 Å². The van der Waals surface area contributed by atoms with E-state index in [9.17, 15) is 14.4 Å². The Labute approximate surface area is 421 Å². The first-order chi connectivity index (χ1) is 33.5. The van der Waals surface area contributed by atoms with E-state index in [1.54, 1.807) is 0 Å². The van der Waals surface area contributed by atoms with Gasteiger partial charge in [0, 0.05) is 19.3 Å². The average Bonchev–Trinajstić information content (AvgIpc) is 3.34. The van der Waals surface area contributed by atoms with Gasteiger partial charge in [0.2, 0.25) is 0 Å². The highest BCUT2D eigenvalue weighted by molar-refractivity contribution is 5.71. The zero-order valence-corrected chi connectivity index (χ0v) is 44.9. The van der Waals surface area contributed by atoms with Crippen LogP contribution >= 0.6 is 0 Å². The lowest BCUT2D eigenvalue weighted by Crippen LogP contribution is -2.30. The van der Waals surface area contributed by atoms with Crippen molar-refractivity contribution in [3.63, 3.8) is 0 Å². The Balaban J connectivity index is 4.37. The first-order valence-electron chi connectivity index (χ1n) is 28.9. The van der Waals surface area contributed by atoms with Crippen LogP contribution in [0.15, 0.2) is 72.9 Å². The highest BCUT2D eigenvalue weighted by Crippen LogP contribution is 2.15. The number of hydrogen-bond donors (Lipinski definition) is 0. The van der Waals surface area contributed by atoms with Gasteiger partial charge in [-0.25, -0.2) is 0 Å². The molecular weight excluding hydrogens is 841 g/mol. The van der Waals surface area contributed by atoms with E-state index in [0.29, 0.717) is 19.3 Å². The molecule has 0 aliphatic rings. The summed E-state index contributed by atoms with van der Waals surface area (Å²) in [6.45, 7) is 6.51. The lowest BCUT2D eigenvalue weighted by Gasteiger charge is -2.18. The normalized spacial score (nSPS) is 12.6. The molecule has 0 fully saturated rings. The molecule has 0 aromatic heterocycles. The molecule has 0 amide bonds. The number of ether oxygens (including phenoxy) is 3. The summed E-state index contributed by atoms with van der Waals surface area (Å²) < 4.78 is 16.9. The minimum atomic E-state index is -0.786. The Hall–Kier alpha value is -3.15. The average molecular weight is 950 g/mol. The lowest BCUT2D eigenvalue weighted by atomic mass is 10.1. The van der Waals surface area contributed by atoms with Crippen molar-refractivity contribution in [2.24, 2.45) is 0 Å². The lowest BCUT2D eigenvalue weighted by molar-refractivity contribution is -0.167. The minimum absolute atomic E-state index is 0.0848. The van der Waals surface area contributed by atoms with Crippen molar-refractivity contribution in [2.45, 2.75) is 290 Å². The van der Waals surface area contributed by atoms with E-state index in [4.69, 9.17) is 14.2 Å². The number of allylic oxidation sites excluding steroid dienone is 12. The third-order valence-corrected chi connectivity index (χ3v) is 12.4. The topological polar surface area (TPSA) is 78.9 Å². The van der Waals surface area contributed by atoms with Crippen LogP contribution in [0.3, 0.4) is 0 Å². The fraction of sp³-hybridized carbons (Fsp3) is 0.758. The van der Waals surface area contributed by atoms with E-state index in [-0.39, 0.29) is 31.1 Å². The molecule has 392 valence electrons. The van der Waals surface area contributed by atoms with Gasteiger partial charge >= 0.3 is 17.9 Å². The van der Waals surface area contributed by atoms with Gasteiger partial charge in [0.15, 0.2) is 6.10 Å². The number of unbranched alkanes of at least 4 members (excludes halogenated alkanes) is 29. The molecule has 0 saturated carbocycles. The SMILES string of the molecule is CC/C=C\C/C=C\C/C=C\C/C=C\CCCCCCCCCCC(=O)OCC(COC(=O)CCCCCCC/C=C\CCCCCC)OC(=O)CCCCCCC/C=C\CCCCCCCCC. The standard InChI is InChI=1S/C62H108O6/c1-4-7-10-13-16-19-22-25-27-29-30-31-32-33-35-37-40-43-46-49-52-55-61(64)67-58-59(57-66-60(63)54-51-48-45-42-39-36-24-21-18-15-12-9-6-3)68-62(65)56-53-50-47-44-41-38-34-28-26-23-20-17-14-11-8-5-2/h7,10,16,19,21,24-25,27-28,30-31,34,59H,4-6,8-9,11-15,17-18,20,22-23,26,29,32-33,35-58H2,1-3H3/b10-7-,19-16-,24-21-,27-25-,31-30-,34-28-. The van der Waals surface area contributed by atoms with Crippen LogP contribution in [0, 0.1) is 0 Å². The third-order valence-electron chi connectivity index (χ3n) is 12.4. The van der Waals surface area contributed by atoms with Crippen molar-refractivity contribution in [3.8, 4) is 0 Å². The van der Waals surface area contributed by atoms with Gasteiger partial charge in [0.25, 0.3) is 0 Å². The van der Waals surface area contributed by atoms with Gasteiger partial charge in [-0.05, 0) is 109 Å². The summed E-state index contributed by atoms with van der Waals surface area (Å²) in [5.74, 6) is -0.901. The van der Waals surface area contributed by atoms with E-state index in [2.05, 4.69) is 93.7 Å². The van der Waals surface area contributed by atoms with Crippen molar-refractivity contribution >= 4 is 17.9 Å². The Morgan fingerprint density at radius 2 is 0.574 bits per heavy atom. The summed E-state index contributed by atoms with van der Waals surface area (Å²) in [4.78, 5) is 38.1. The number of carbonyl (C=O) groups is 3. The second-order valence-electron chi connectivity index (χ2n) is 19.2. The molecule has 0 saturated heterocycles. The summed E-state index contributed by atoms with van der Waals surface area (Å²) in [7, 11) is 0. The van der Waals surface area contributed by atoms with Crippen LogP contribution in [0.25, 0.3) is 0 Å². The molecule has 0 aromatic carbocycles. The molecule has 0 N–H and O–H groups in total. The fourth-order valence-electron chi connectivity index (χ4n) is 8.07. The molecule has 68 heavy (non-hydrogen) atoms. The molecule has 0 aromatic rings.